The Kier molecular flexibility index (Phi) is 3.81. The van der Waals surface area contributed by atoms with Gasteiger partial charge in [0.25, 0.3) is 0 Å². The maximum Gasteiger partial charge on any atom is 0.234 e. The summed E-state index contributed by atoms with van der Waals surface area (Å²) in [7, 11) is 0. The van der Waals surface area contributed by atoms with Gasteiger partial charge >= 0.3 is 0 Å². The van der Waals surface area contributed by atoms with Gasteiger partial charge in [0.2, 0.25) is 5.22 Å². The first-order valence-electron chi connectivity index (χ1n) is 6.20. The molecule has 0 amide bonds. The van der Waals surface area contributed by atoms with E-state index in [0.29, 0.717) is 11.0 Å². The van der Waals surface area contributed by atoms with E-state index in [1.165, 1.54) is 0 Å². The van der Waals surface area contributed by atoms with E-state index in [0.717, 1.165) is 27.9 Å². The fraction of sp³-hybridized carbons (Fsp3) is 0.0625. The van der Waals surface area contributed by atoms with Crippen LogP contribution in [-0.4, -0.2) is 5.16 Å². The Hall–Kier alpha value is -1.71. The maximum atomic E-state index is 6.16. The van der Waals surface area contributed by atoms with E-state index in [-0.39, 0.29) is 0 Å². The summed E-state index contributed by atoms with van der Waals surface area (Å²) in [6.07, 6.45) is 0. The van der Waals surface area contributed by atoms with Gasteiger partial charge in [-0.25, -0.2) is 0 Å². The summed E-state index contributed by atoms with van der Waals surface area (Å²) in [6.45, 7) is 0. The van der Waals surface area contributed by atoms with Gasteiger partial charge in [0, 0.05) is 11.3 Å². The second kappa shape index (κ2) is 5.73. The van der Waals surface area contributed by atoms with Crippen molar-refractivity contribution in [2.24, 2.45) is 0 Å². The molecule has 2 nitrogen and oxygen atoms in total. The Bertz CT molecular complexity index is 707. The van der Waals surface area contributed by atoms with Crippen LogP contribution in [-0.2, 0) is 5.75 Å². The van der Waals surface area contributed by atoms with E-state index >= 15 is 0 Å². The van der Waals surface area contributed by atoms with E-state index in [9.17, 15) is 0 Å². The van der Waals surface area contributed by atoms with Crippen molar-refractivity contribution in [3.8, 4) is 22.4 Å². The normalized spacial score (nSPS) is 10.7. The molecule has 1 heterocycles. The number of thiol groups is 1. The quantitative estimate of drug-likeness (QED) is 0.682. The highest BCUT2D eigenvalue weighted by atomic mass is 35.5. The Balaban J connectivity index is 2.11. The fourth-order valence-electron chi connectivity index (χ4n) is 2.09. The van der Waals surface area contributed by atoms with Gasteiger partial charge < -0.3 is 4.52 Å². The zero-order valence-corrected chi connectivity index (χ0v) is 12.2. The summed E-state index contributed by atoms with van der Waals surface area (Å²) >= 11 is 10.4. The SMILES string of the molecule is SCc1ccc(-c2c(-c3ccccc3)noc2Cl)cc1. The third-order valence-electron chi connectivity index (χ3n) is 3.12. The molecule has 3 rings (SSSR count). The molecule has 0 atom stereocenters. The summed E-state index contributed by atoms with van der Waals surface area (Å²) in [6, 6.07) is 17.9. The molecule has 2 aromatic carbocycles. The third kappa shape index (κ3) is 2.47. The van der Waals surface area contributed by atoms with Crippen LogP contribution in [0.15, 0.2) is 59.1 Å². The van der Waals surface area contributed by atoms with Gasteiger partial charge in [0.1, 0.15) is 5.69 Å². The van der Waals surface area contributed by atoms with Crippen molar-refractivity contribution in [2.75, 3.05) is 0 Å². The number of benzene rings is 2. The lowest BCUT2D eigenvalue weighted by molar-refractivity contribution is 0.424. The van der Waals surface area contributed by atoms with Crippen molar-refractivity contribution in [1.29, 1.82) is 0 Å². The summed E-state index contributed by atoms with van der Waals surface area (Å²) in [5.74, 6) is 0.711. The molecule has 0 saturated heterocycles. The molecule has 0 aliphatic carbocycles. The summed E-state index contributed by atoms with van der Waals surface area (Å²) in [5, 5.41) is 4.39. The van der Waals surface area contributed by atoms with Crippen LogP contribution in [0.25, 0.3) is 22.4 Å². The average molecular weight is 302 g/mol. The summed E-state index contributed by atoms with van der Waals surface area (Å²) in [5.41, 5.74) is 4.71. The van der Waals surface area contributed by atoms with Crippen LogP contribution in [0.4, 0.5) is 0 Å². The van der Waals surface area contributed by atoms with E-state index < -0.39 is 0 Å². The molecule has 20 heavy (non-hydrogen) atoms. The fourth-order valence-corrected chi connectivity index (χ4v) is 2.53. The van der Waals surface area contributed by atoms with Crippen LogP contribution >= 0.6 is 24.2 Å². The molecule has 4 heteroatoms. The first kappa shape index (κ1) is 13.3. The molecule has 0 radical (unpaired) electrons. The van der Waals surface area contributed by atoms with Gasteiger partial charge in [-0.2, -0.15) is 12.6 Å². The smallest absolute Gasteiger partial charge is 0.234 e. The summed E-state index contributed by atoms with van der Waals surface area (Å²) in [4.78, 5) is 0. The van der Waals surface area contributed by atoms with Crippen molar-refractivity contribution in [3.63, 3.8) is 0 Å². The van der Waals surface area contributed by atoms with Crippen molar-refractivity contribution < 1.29 is 4.52 Å². The standard InChI is InChI=1S/C16H12ClNOS/c17-16-14(12-8-6-11(10-20)7-9-12)15(18-19-16)13-4-2-1-3-5-13/h1-9,20H,10H2. The van der Waals surface area contributed by atoms with Crippen LogP contribution < -0.4 is 0 Å². The lowest BCUT2D eigenvalue weighted by Crippen LogP contribution is -1.84. The van der Waals surface area contributed by atoms with Gasteiger partial charge in [-0.05, 0) is 22.7 Å². The maximum absolute atomic E-state index is 6.16. The lowest BCUT2D eigenvalue weighted by Gasteiger charge is -2.03. The molecule has 0 N–H and O–H groups in total. The highest BCUT2D eigenvalue weighted by Gasteiger charge is 2.17. The highest BCUT2D eigenvalue weighted by molar-refractivity contribution is 7.79. The minimum absolute atomic E-state index is 0.308. The summed E-state index contributed by atoms with van der Waals surface area (Å²) < 4.78 is 5.16. The molecular weight excluding hydrogens is 290 g/mol. The van der Waals surface area contributed by atoms with Crippen LogP contribution in [0.2, 0.25) is 5.22 Å². The van der Waals surface area contributed by atoms with Crippen LogP contribution in [0.5, 0.6) is 0 Å². The Morgan fingerprint density at radius 3 is 2.30 bits per heavy atom. The molecule has 100 valence electrons. The van der Waals surface area contributed by atoms with Crippen LogP contribution in [0.3, 0.4) is 0 Å². The number of halogens is 1. The van der Waals surface area contributed by atoms with E-state index in [2.05, 4.69) is 17.8 Å². The minimum atomic E-state index is 0.308. The predicted molar refractivity (Wildman–Crippen MR) is 85.1 cm³/mol. The Morgan fingerprint density at radius 2 is 1.65 bits per heavy atom. The molecule has 0 fully saturated rings. The second-order valence-electron chi connectivity index (χ2n) is 4.40. The molecule has 0 aliphatic rings. The molecule has 3 aromatic rings. The Morgan fingerprint density at radius 1 is 0.950 bits per heavy atom. The molecule has 1 aromatic heterocycles. The van der Waals surface area contributed by atoms with Gasteiger partial charge in [-0.3, -0.25) is 0 Å². The van der Waals surface area contributed by atoms with Gasteiger partial charge in [0.05, 0.1) is 5.56 Å². The van der Waals surface area contributed by atoms with Crippen LogP contribution in [0, 0.1) is 0 Å². The first-order valence-corrected chi connectivity index (χ1v) is 7.21. The van der Waals surface area contributed by atoms with Crippen molar-refractivity contribution in [1.82, 2.24) is 5.16 Å². The zero-order chi connectivity index (χ0) is 13.9. The Labute approximate surface area is 127 Å². The van der Waals surface area contributed by atoms with E-state index in [1.54, 1.807) is 0 Å². The molecule has 0 bridgehead atoms. The topological polar surface area (TPSA) is 26.0 Å². The number of hydrogen-bond donors (Lipinski definition) is 1. The average Bonchev–Trinajstić information content (AvgIpc) is 2.90. The molecule has 0 unspecified atom stereocenters. The van der Waals surface area contributed by atoms with E-state index in [4.69, 9.17) is 16.1 Å². The zero-order valence-electron chi connectivity index (χ0n) is 10.6. The molecular formula is C16H12ClNOS. The highest BCUT2D eigenvalue weighted by Crippen LogP contribution is 2.37. The molecule has 0 aliphatic heterocycles. The van der Waals surface area contributed by atoms with Gasteiger partial charge in [0.15, 0.2) is 0 Å². The number of hydrogen-bond acceptors (Lipinski definition) is 3. The van der Waals surface area contributed by atoms with Gasteiger partial charge in [-0.1, -0.05) is 59.8 Å². The molecule has 0 spiro atoms. The number of nitrogens with zero attached hydrogens (tertiary/aromatic N) is 1. The van der Waals surface area contributed by atoms with E-state index in [1.807, 2.05) is 54.6 Å². The van der Waals surface area contributed by atoms with Gasteiger partial charge in [-0.15, -0.1) is 0 Å². The monoisotopic (exact) mass is 301 g/mol. The van der Waals surface area contributed by atoms with Crippen molar-refractivity contribution in [2.45, 2.75) is 5.75 Å². The number of rotatable bonds is 3. The second-order valence-corrected chi connectivity index (χ2v) is 5.06. The minimum Gasteiger partial charge on any atom is -0.343 e. The first-order chi connectivity index (χ1) is 9.79. The lowest BCUT2D eigenvalue weighted by atomic mass is 10.0. The molecule has 0 saturated carbocycles. The van der Waals surface area contributed by atoms with Crippen molar-refractivity contribution in [3.05, 3.63) is 65.4 Å². The van der Waals surface area contributed by atoms with Crippen molar-refractivity contribution >= 4 is 24.2 Å². The largest absolute Gasteiger partial charge is 0.343 e. The predicted octanol–water partition coefficient (Wildman–Crippen LogP) is 5.09. The van der Waals surface area contributed by atoms with Crippen LogP contribution in [0.1, 0.15) is 5.56 Å². The number of aromatic nitrogens is 1. The third-order valence-corrected chi connectivity index (χ3v) is 3.75.